The molecule has 1 aromatic heterocycles. The lowest BCUT2D eigenvalue weighted by molar-refractivity contribution is 0.438. The maximum absolute atomic E-state index is 4.55. The fourth-order valence-electron chi connectivity index (χ4n) is 2.63. The minimum atomic E-state index is 0.917. The third-order valence-electron chi connectivity index (χ3n) is 3.62. The van der Waals surface area contributed by atoms with Crippen LogP contribution in [0.3, 0.4) is 0 Å². The molecular weight excluding hydrogens is 250 g/mol. The van der Waals surface area contributed by atoms with Crippen LogP contribution in [-0.4, -0.2) is 47.0 Å². The Hall–Kier alpha value is -2.04. The molecule has 106 valence electrons. The first-order valence-electron chi connectivity index (χ1n) is 7.30. The Morgan fingerprint density at radius 2 is 2.25 bits per heavy atom. The van der Waals surface area contributed by atoms with Crippen molar-refractivity contribution in [3.63, 3.8) is 0 Å². The van der Waals surface area contributed by atoms with Gasteiger partial charge in [0.25, 0.3) is 0 Å². The van der Waals surface area contributed by atoms with Crippen molar-refractivity contribution in [1.29, 1.82) is 0 Å². The third kappa shape index (κ3) is 2.61. The van der Waals surface area contributed by atoms with Gasteiger partial charge in [0, 0.05) is 26.2 Å². The van der Waals surface area contributed by atoms with Crippen LogP contribution in [0, 0.1) is 0 Å². The van der Waals surface area contributed by atoms with E-state index in [1.807, 2.05) is 12.7 Å². The van der Waals surface area contributed by atoms with Crippen LogP contribution in [-0.2, 0) is 6.54 Å². The molecule has 3 rings (SSSR count). The predicted octanol–water partition coefficient (Wildman–Crippen LogP) is 2.20. The van der Waals surface area contributed by atoms with E-state index in [4.69, 9.17) is 0 Å². The van der Waals surface area contributed by atoms with Crippen LogP contribution in [0.2, 0.25) is 0 Å². The van der Waals surface area contributed by atoms with Crippen LogP contribution in [0.1, 0.15) is 13.3 Å². The van der Waals surface area contributed by atoms with Gasteiger partial charge in [0.05, 0.1) is 30.4 Å². The number of para-hydroxylation sites is 1. The first kappa shape index (κ1) is 13.0. The zero-order valence-electron chi connectivity index (χ0n) is 11.9. The van der Waals surface area contributed by atoms with Crippen molar-refractivity contribution >= 4 is 23.1 Å². The largest absolute Gasteiger partial charge is 0.384 e. The number of anilines is 1. The highest BCUT2D eigenvalue weighted by molar-refractivity contribution is 5.88. The Morgan fingerprint density at radius 1 is 1.30 bits per heavy atom. The molecular formula is C15H21N5. The molecule has 5 heteroatoms. The number of aliphatic imine (C=N–C) groups is 1. The quantitative estimate of drug-likeness (QED) is 0.876. The molecule has 0 bridgehead atoms. The molecule has 20 heavy (non-hydrogen) atoms. The summed E-state index contributed by atoms with van der Waals surface area (Å²) >= 11 is 0. The van der Waals surface area contributed by atoms with E-state index >= 15 is 0 Å². The average molecular weight is 271 g/mol. The molecule has 0 fully saturated rings. The average Bonchev–Trinajstić information content (AvgIpc) is 3.10. The molecule has 0 saturated carbocycles. The van der Waals surface area contributed by atoms with Crippen LogP contribution in [0.25, 0.3) is 11.0 Å². The summed E-state index contributed by atoms with van der Waals surface area (Å²) in [5, 5.41) is 3.36. The van der Waals surface area contributed by atoms with E-state index in [-0.39, 0.29) is 0 Å². The van der Waals surface area contributed by atoms with E-state index in [0.29, 0.717) is 0 Å². The van der Waals surface area contributed by atoms with Gasteiger partial charge in [-0.15, -0.1) is 0 Å². The Bertz CT molecular complexity index is 601. The minimum Gasteiger partial charge on any atom is -0.384 e. The summed E-state index contributed by atoms with van der Waals surface area (Å²) in [7, 11) is 0. The van der Waals surface area contributed by atoms with Crippen molar-refractivity contribution in [2.75, 3.05) is 31.5 Å². The van der Waals surface area contributed by atoms with Gasteiger partial charge in [0.2, 0.25) is 0 Å². The number of rotatable bonds is 6. The number of nitrogens with zero attached hydrogens (tertiary/aromatic N) is 4. The molecule has 1 aliphatic rings. The SMILES string of the molecule is CCNc1cccc2c1ncn2CCCN1C=NCC1. The molecule has 1 aromatic carbocycles. The van der Waals surface area contributed by atoms with Gasteiger partial charge in [-0.3, -0.25) is 4.99 Å². The van der Waals surface area contributed by atoms with Gasteiger partial charge in [-0.1, -0.05) is 6.07 Å². The molecule has 0 unspecified atom stereocenters. The molecule has 1 N–H and O–H groups in total. The highest BCUT2D eigenvalue weighted by Crippen LogP contribution is 2.22. The van der Waals surface area contributed by atoms with Crippen LogP contribution < -0.4 is 5.32 Å². The Morgan fingerprint density at radius 3 is 3.05 bits per heavy atom. The minimum absolute atomic E-state index is 0.917. The summed E-state index contributed by atoms with van der Waals surface area (Å²) < 4.78 is 2.24. The second-order valence-electron chi connectivity index (χ2n) is 5.05. The Balaban J connectivity index is 1.68. The zero-order chi connectivity index (χ0) is 13.8. The second-order valence-corrected chi connectivity index (χ2v) is 5.05. The van der Waals surface area contributed by atoms with Gasteiger partial charge < -0.3 is 14.8 Å². The normalized spacial score (nSPS) is 14.3. The monoisotopic (exact) mass is 271 g/mol. The molecule has 2 aromatic rings. The number of nitrogens with one attached hydrogen (secondary N) is 1. The lowest BCUT2D eigenvalue weighted by Gasteiger charge is -2.13. The lowest BCUT2D eigenvalue weighted by Crippen LogP contribution is -2.21. The van der Waals surface area contributed by atoms with Crippen molar-refractivity contribution in [1.82, 2.24) is 14.5 Å². The molecule has 2 heterocycles. The summed E-state index contributed by atoms with van der Waals surface area (Å²) in [6.07, 6.45) is 5.03. The predicted molar refractivity (Wildman–Crippen MR) is 83.4 cm³/mol. The highest BCUT2D eigenvalue weighted by atomic mass is 15.2. The first-order chi connectivity index (χ1) is 9.88. The number of hydrogen-bond donors (Lipinski definition) is 1. The number of aryl methyl sites for hydroxylation is 1. The zero-order valence-corrected chi connectivity index (χ0v) is 11.9. The molecule has 5 nitrogen and oxygen atoms in total. The fraction of sp³-hybridized carbons (Fsp3) is 0.467. The highest BCUT2D eigenvalue weighted by Gasteiger charge is 2.08. The number of hydrogen-bond acceptors (Lipinski definition) is 4. The van der Waals surface area contributed by atoms with Crippen LogP contribution >= 0.6 is 0 Å². The van der Waals surface area contributed by atoms with Gasteiger partial charge in [-0.05, 0) is 25.5 Å². The van der Waals surface area contributed by atoms with Crippen LogP contribution in [0.4, 0.5) is 5.69 Å². The third-order valence-corrected chi connectivity index (χ3v) is 3.62. The smallest absolute Gasteiger partial charge is 0.112 e. The van der Waals surface area contributed by atoms with E-state index in [1.54, 1.807) is 0 Å². The van der Waals surface area contributed by atoms with Gasteiger partial charge in [-0.25, -0.2) is 4.98 Å². The Kier molecular flexibility index (Phi) is 3.85. The van der Waals surface area contributed by atoms with Gasteiger partial charge in [-0.2, -0.15) is 0 Å². The van der Waals surface area contributed by atoms with Crippen molar-refractivity contribution in [3.8, 4) is 0 Å². The Labute approximate surface area is 119 Å². The van der Waals surface area contributed by atoms with Gasteiger partial charge >= 0.3 is 0 Å². The maximum atomic E-state index is 4.55. The maximum Gasteiger partial charge on any atom is 0.112 e. The van der Waals surface area contributed by atoms with E-state index < -0.39 is 0 Å². The molecule has 0 spiro atoms. The van der Waals surface area contributed by atoms with Crippen molar-refractivity contribution < 1.29 is 0 Å². The second kappa shape index (κ2) is 5.94. The number of fused-ring (bicyclic) bond motifs is 1. The van der Waals surface area contributed by atoms with Crippen molar-refractivity contribution in [3.05, 3.63) is 24.5 Å². The van der Waals surface area contributed by atoms with Crippen LogP contribution in [0.15, 0.2) is 29.5 Å². The number of imidazole rings is 1. The molecule has 0 radical (unpaired) electrons. The summed E-state index contributed by atoms with van der Waals surface area (Å²) in [5.41, 5.74) is 3.39. The van der Waals surface area contributed by atoms with Gasteiger partial charge in [0.15, 0.2) is 0 Å². The molecule has 0 saturated heterocycles. The summed E-state index contributed by atoms with van der Waals surface area (Å²) in [6.45, 7) is 7.09. The van der Waals surface area contributed by atoms with E-state index in [9.17, 15) is 0 Å². The topological polar surface area (TPSA) is 45.5 Å². The molecule has 0 atom stereocenters. The summed E-state index contributed by atoms with van der Waals surface area (Å²) in [4.78, 5) is 11.1. The fourth-order valence-corrected chi connectivity index (χ4v) is 2.63. The molecule has 1 aliphatic heterocycles. The lowest BCUT2D eigenvalue weighted by atomic mass is 10.2. The summed E-state index contributed by atoms with van der Waals surface area (Å²) in [5.74, 6) is 0. The summed E-state index contributed by atoms with van der Waals surface area (Å²) in [6, 6.07) is 6.32. The number of benzene rings is 1. The van der Waals surface area contributed by atoms with Crippen LogP contribution in [0.5, 0.6) is 0 Å². The van der Waals surface area contributed by atoms with Crippen molar-refractivity contribution in [2.45, 2.75) is 19.9 Å². The number of aromatic nitrogens is 2. The van der Waals surface area contributed by atoms with Gasteiger partial charge in [0.1, 0.15) is 5.52 Å². The standard InChI is InChI=1S/C15H21N5/c1-2-17-13-5-3-6-14-15(13)18-12-20(14)9-4-8-19-10-7-16-11-19/h3,5-6,11-12,17H,2,4,7-10H2,1H3. The van der Waals surface area contributed by atoms with E-state index in [2.05, 4.69) is 49.9 Å². The van der Waals surface area contributed by atoms with E-state index in [0.717, 1.165) is 50.3 Å². The van der Waals surface area contributed by atoms with E-state index in [1.165, 1.54) is 5.52 Å². The first-order valence-corrected chi connectivity index (χ1v) is 7.30. The molecule has 0 amide bonds. The molecule has 0 aliphatic carbocycles. The van der Waals surface area contributed by atoms with Crippen molar-refractivity contribution in [2.24, 2.45) is 4.99 Å².